The summed E-state index contributed by atoms with van der Waals surface area (Å²) in [5.41, 5.74) is 0. The third-order valence-corrected chi connectivity index (χ3v) is 1.76. The number of likely N-dealkylation sites (N-methyl/N-ethyl adjacent to an activating group) is 1. The number of nitrogens with one attached hydrogen (secondary N) is 1. The molecule has 0 heterocycles. The van der Waals surface area contributed by atoms with Gasteiger partial charge in [-0.25, -0.2) is 0 Å². The Hall–Kier alpha value is -0.200. The van der Waals surface area contributed by atoms with Gasteiger partial charge in [-0.05, 0) is 13.0 Å². The van der Waals surface area contributed by atoms with Gasteiger partial charge < -0.3 is 25.0 Å². The first-order chi connectivity index (χ1) is 7.31. The van der Waals surface area contributed by atoms with E-state index in [1.165, 1.54) is 0 Å². The molecule has 0 bridgehead atoms. The lowest BCUT2D eigenvalue weighted by molar-refractivity contribution is 0.00263. The minimum Gasteiger partial charge on any atom is -0.396 e. The lowest BCUT2D eigenvalue weighted by atomic mass is 10.4. The molecule has 0 saturated carbocycles. The number of aliphatic hydroxyl groups is 2. The summed E-state index contributed by atoms with van der Waals surface area (Å²) in [4.78, 5) is 0. The molecular weight excluding hydrogens is 198 g/mol. The Bertz CT molecular complexity index is 124. The van der Waals surface area contributed by atoms with Crippen LogP contribution < -0.4 is 5.32 Å². The van der Waals surface area contributed by atoms with E-state index < -0.39 is 6.10 Å². The molecule has 15 heavy (non-hydrogen) atoms. The number of aliphatic hydroxyl groups excluding tert-OH is 2. The quantitative estimate of drug-likeness (QED) is 0.405. The summed E-state index contributed by atoms with van der Waals surface area (Å²) < 4.78 is 10.3. The molecule has 0 spiro atoms. The van der Waals surface area contributed by atoms with E-state index in [2.05, 4.69) is 5.32 Å². The zero-order chi connectivity index (χ0) is 11.4. The van der Waals surface area contributed by atoms with Crippen molar-refractivity contribution in [2.45, 2.75) is 19.4 Å². The van der Waals surface area contributed by atoms with Gasteiger partial charge in [0.25, 0.3) is 0 Å². The molecule has 3 N–H and O–H groups in total. The first-order valence-corrected chi connectivity index (χ1v) is 5.46. The lowest BCUT2D eigenvalue weighted by Gasteiger charge is -2.11. The molecule has 5 heteroatoms. The van der Waals surface area contributed by atoms with Crippen LogP contribution in [0.1, 0.15) is 13.3 Å². The largest absolute Gasteiger partial charge is 0.396 e. The number of hydrogen-bond donors (Lipinski definition) is 3. The van der Waals surface area contributed by atoms with Gasteiger partial charge in [-0.1, -0.05) is 6.92 Å². The number of hydrogen-bond acceptors (Lipinski definition) is 5. The van der Waals surface area contributed by atoms with Gasteiger partial charge in [-0.3, -0.25) is 0 Å². The molecule has 0 aliphatic carbocycles. The topological polar surface area (TPSA) is 71.0 Å². The summed E-state index contributed by atoms with van der Waals surface area (Å²) >= 11 is 0. The van der Waals surface area contributed by atoms with E-state index in [1.807, 2.05) is 6.92 Å². The summed E-state index contributed by atoms with van der Waals surface area (Å²) in [6, 6.07) is 0. The van der Waals surface area contributed by atoms with Crippen LogP contribution in [0.2, 0.25) is 0 Å². The zero-order valence-electron chi connectivity index (χ0n) is 9.45. The maximum atomic E-state index is 9.36. The highest BCUT2D eigenvalue weighted by atomic mass is 16.5. The van der Waals surface area contributed by atoms with Gasteiger partial charge in [0, 0.05) is 19.8 Å². The Balaban J connectivity index is 3.02. The first-order valence-electron chi connectivity index (χ1n) is 5.46. The van der Waals surface area contributed by atoms with Crippen LogP contribution >= 0.6 is 0 Å². The Morgan fingerprint density at radius 1 is 1.20 bits per heavy atom. The molecule has 0 radical (unpaired) electrons. The van der Waals surface area contributed by atoms with Gasteiger partial charge >= 0.3 is 0 Å². The fourth-order valence-electron chi connectivity index (χ4n) is 0.976. The van der Waals surface area contributed by atoms with E-state index in [4.69, 9.17) is 14.6 Å². The van der Waals surface area contributed by atoms with Crippen molar-refractivity contribution in [2.24, 2.45) is 0 Å². The average Bonchev–Trinajstić information content (AvgIpc) is 2.25. The van der Waals surface area contributed by atoms with Crippen LogP contribution in [0.5, 0.6) is 0 Å². The fraction of sp³-hybridized carbons (Fsp3) is 1.00. The molecule has 0 aromatic rings. The molecule has 1 atom stereocenters. The van der Waals surface area contributed by atoms with Crippen molar-refractivity contribution in [3.63, 3.8) is 0 Å². The van der Waals surface area contributed by atoms with Crippen LogP contribution in [-0.2, 0) is 9.47 Å². The molecule has 0 saturated heterocycles. The van der Waals surface area contributed by atoms with Crippen molar-refractivity contribution in [3.8, 4) is 0 Å². The van der Waals surface area contributed by atoms with Crippen molar-refractivity contribution in [1.82, 2.24) is 5.32 Å². The van der Waals surface area contributed by atoms with Crippen LogP contribution in [0.25, 0.3) is 0 Å². The predicted octanol–water partition coefficient (Wildman–Crippen LogP) is -0.628. The highest BCUT2D eigenvalue weighted by Crippen LogP contribution is 1.86. The monoisotopic (exact) mass is 221 g/mol. The molecule has 0 aliphatic heterocycles. The maximum absolute atomic E-state index is 9.36. The van der Waals surface area contributed by atoms with Crippen LogP contribution in [0.4, 0.5) is 0 Å². The second-order valence-electron chi connectivity index (χ2n) is 3.23. The summed E-state index contributed by atoms with van der Waals surface area (Å²) in [6.45, 7) is 5.42. The van der Waals surface area contributed by atoms with Crippen LogP contribution in [0.15, 0.2) is 0 Å². The molecule has 1 unspecified atom stereocenters. The molecule has 5 nitrogen and oxygen atoms in total. The van der Waals surface area contributed by atoms with Crippen molar-refractivity contribution in [3.05, 3.63) is 0 Å². The van der Waals surface area contributed by atoms with E-state index >= 15 is 0 Å². The normalized spacial score (nSPS) is 13.0. The average molecular weight is 221 g/mol. The minimum absolute atomic E-state index is 0.155. The van der Waals surface area contributed by atoms with Crippen LogP contribution in [0.3, 0.4) is 0 Å². The third kappa shape index (κ3) is 11.7. The predicted molar refractivity (Wildman–Crippen MR) is 57.9 cm³/mol. The fourth-order valence-corrected chi connectivity index (χ4v) is 0.976. The summed E-state index contributed by atoms with van der Waals surface area (Å²) in [7, 11) is 0. The van der Waals surface area contributed by atoms with Crippen molar-refractivity contribution < 1.29 is 19.7 Å². The van der Waals surface area contributed by atoms with Crippen molar-refractivity contribution in [2.75, 3.05) is 46.1 Å². The molecule has 0 aliphatic rings. The van der Waals surface area contributed by atoms with Gasteiger partial charge in [0.1, 0.15) is 0 Å². The summed E-state index contributed by atoms with van der Waals surface area (Å²) in [6.07, 6.45) is 0.200. The summed E-state index contributed by atoms with van der Waals surface area (Å²) in [5, 5.41) is 20.9. The number of ether oxygens (including phenoxy) is 2. The Morgan fingerprint density at radius 3 is 2.60 bits per heavy atom. The van der Waals surface area contributed by atoms with Gasteiger partial charge in [-0.15, -0.1) is 0 Å². The first kappa shape index (κ1) is 14.8. The standard InChI is InChI=1S/C10H23NO4/c1-2-11-8-10(13)9-15-7-6-14-5-3-4-12/h10-13H,2-9H2,1H3. The SMILES string of the molecule is CCNCC(O)COCCOCCCO. The van der Waals surface area contributed by atoms with E-state index in [9.17, 15) is 5.11 Å². The van der Waals surface area contributed by atoms with Gasteiger partial charge in [0.05, 0.1) is 25.9 Å². The van der Waals surface area contributed by atoms with Crippen molar-refractivity contribution >= 4 is 0 Å². The molecule has 0 aromatic heterocycles. The highest BCUT2D eigenvalue weighted by molar-refractivity contribution is 4.56. The van der Waals surface area contributed by atoms with E-state index in [0.717, 1.165) is 6.54 Å². The van der Waals surface area contributed by atoms with E-state index in [1.54, 1.807) is 0 Å². The Morgan fingerprint density at radius 2 is 1.93 bits per heavy atom. The second kappa shape index (κ2) is 11.9. The third-order valence-electron chi connectivity index (χ3n) is 1.76. The second-order valence-corrected chi connectivity index (χ2v) is 3.23. The molecule has 0 aromatic carbocycles. The van der Waals surface area contributed by atoms with Gasteiger partial charge in [0.15, 0.2) is 0 Å². The Labute approximate surface area is 91.4 Å². The molecule has 0 amide bonds. The summed E-state index contributed by atoms with van der Waals surface area (Å²) in [5.74, 6) is 0. The van der Waals surface area contributed by atoms with Gasteiger partial charge in [-0.2, -0.15) is 0 Å². The molecule has 0 fully saturated rings. The maximum Gasteiger partial charge on any atom is 0.0897 e. The number of rotatable bonds is 11. The minimum atomic E-state index is -0.456. The van der Waals surface area contributed by atoms with Crippen molar-refractivity contribution in [1.29, 1.82) is 0 Å². The smallest absolute Gasteiger partial charge is 0.0897 e. The van der Waals surface area contributed by atoms with Crippen LogP contribution in [-0.4, -0.2) is 62.4 Å². The lowest BCUT2D eigenvalue weighted by Crippen LogP contribution is -2.30. The highest BCUT2D eigenvalue weighted by Gasteiger charge is 2.02. The Kier molecular flexibility index (Phi) is 11.7. The zero-order valence-corrected chi connectivity index (χ0v) is 9.45. The molecular formula is C10H23NO4. The van der Waals surface area contributed by atoms with Crippen LogP contribution in [0, 0.1) is 0 Å². The van der Waals surface area contributed by atoms with E-state index in [0.29, 0.717) is 39.4 Å². The van der Waals surface area contributed by atoms with E-state index in [-0.39, 0.29) is 6.61 Å². The molecule has 92 valence electrons. The molecule has 0 rings (SSSR count). The van der Waals surface area contributed by atoms with Gasteiger partial charge in [0.2, 0.25) is 0 Å².